The van der Waals surface area contributed by atoms with Gasteiger partial charge in [0.1, 0.15) is 6.33 Å². The van der Waals surface area contributed by atoms with Gasteiger partial charge in [-0.1, -0.05) is 0 Å². The Labute approximate surface area is 110 Å². The zero-order valence-corrected chi connectivity index (χ0v) is 10.3. The molecule has 0 saturated carbocycles. The summed E-state index contributed by atoms with van der Waals surface area (Å²) in [7, 11) is 0. The van der Waals surface area contributed by atoms with Crippen molar-refractivity contribution in [2.45, 2.75) is 31.3 Å². The zero-order chi connectivity index (χ0) is 12.8. The molecule has 2 unspecified atom stereocenters. The molecule has 19 heavy (non-hydrogen) atoms. The van der Waals surface area contributed by atoms with Crippen LogP contribution in [-0.2, 0) is 6.42 Å². The van der Waals surface area contributed by atoms with Gasteiger partial charge in [0.25, 0.3) is 5.91 Å². The minimum Gasteiger partial charge on any atom is -0.459 e. The standard InChI is InChI=1S/C14H13N3O2/c18-14(13-2-1-5-19-13)17-9-3-4-12(17)10-7-15-8-16-11(10)6-9/h1-2,5,7-9,12H,3-4,6H2. The molecule has 96 valence electrons. The van der Waals surface area contributed by atoms with E-state index in [0.717, 1.165) is 30.5 Å². The Hall–Kier alpha value is -2.17. The molecule has 2 aliphatic heterocycles. The predicted molar refractivity (Wildman–Crippen MR) is 66.4 cm³/mol. The van der Waals surface area contributed by atoms with Gasteiger partial charge < -0.3 is 9.32 Å². The lowest BCUT2D eigenvalue weighted by atomic mass is 9.99. The fourth-order valence-corrected chi connectivity index (χ4v) is 3.26. The van der Waals surface area contributed by atoms with Crippen LogP contribution in [0.25, 0.3) is 0 Å². The van der Waals surface area contributed by atoms with E-state index in [1.54, 1.807) is 18.5 Å². The predicted octanol–water partition coefficient (Wildman–Crippen LogP) is 1.97. The van der Waals surface area contributed by atoms with Crippen molar-refractivity contribution in [2.24, 2.45) is 0 Å². The molecular formula is C14H13N3O2. The van der Waals surface area contributed by atoms with E-state index in [1.165, 1.54) is 6.26 Å². The Morgan fingerprint density at radius 1 is 1.42 bits per heavy atom. The average Bonchev–Trinajstić information content (AvgIpc) is 3.06. The van der Waals surface area contributed by atoms with Crippen LogP contribution in [-0.4, -0.2) is 26.8 Å². The summed E-state index contributed by atoms with van der Waals surface area (Å²) in [6.07, 6.45) is 7.79. The number of fused-ring (bicyclic) bond motifs is 4. The van der Waals surface area contributed by atoms with Crippen LogP contribution < -0.4 is 0 Å². The summed E-state index contributed by atoms with van der Waals surface area (Å²) in [5.74, 6) is 0.393. The Morgan fingerprint density at radius 3 is 3.21 bits per heavy atom. The van der Waals surface area contributed by atoms with E-state index < -0.39 is 0 Å². The van der Waals surface area contributed by atoms with Crippen molar-refractivity contribution in [3.8, 4) is 0 Å². The van der Waals surface area contributed by atoms with E-state index in [4.69, 9.17) is 4.42 Å². The van der Waals surface area contributed by atoms with Crippen LogP contribution in [0.3, 0.4) is 0 Å². The van der Waals surface area contributed by atoms with Crippen molar-refractivity contribution in [2.75, 3.05) is 0 Å². The smallest absolute Gasteiger partial charge is 0.290 e. The topological polar surface area (TPSA) is 59.2 Å². The molecule has 5 nitrogen and oxygen atoms in total. The van der Waals surface area contributed by atoms with Gasteiger partial charge in [-0.15, -0.1) is 0 Å². The van der Waals surface area contributed by atoms with Gasteiger partial charge in [0, 0.05) is 24.2 Å². The normalized spacial score (nSPS) is 24.3. The fourth-order valence-electron chi connectivity index (χ4n) is 3.26. The van der Waals surface area contributed by atoms with E-state index in [2.05, 4.69) is 9.97 Å². The average molecular weight is 255 g/mol. The lowest BCUT2D eigenvalue weighted by molar-refractivity contribution is 0.0610. The summed E-state index contributed by atoms with van der Waals surface area (Å²) >= 11 is 0. The van der Waals surface area contributed by atoms with E-state index in [9.17, 15) is 4.79 Å². The molecule has 1 amide bonds. The molecule has 1 saturated heterocycles. The molecule has 0 aromatic carbocycles. The molecule has 0 radical (unpaired) electrons. The number of carbonyl (C=O) groups is 1. The van der Waals surface area contributed by atoms with Gasteiger partial charge in [-0.2, -0.15) is 0 Å². The van der Waals surface area contributed by atoms with Gasteiger partial charge in [0.15, 0.2) is 5.76 Å². The Balaban J connectivity index is 1.75. The molecular weight excluding hydrogens is 242 g/mol. The molecule has 0 aliphatic carbocycles. The number of aromatic nitrogens is 2. The van der Waals surface area contributed by atoms with Gasteiger partial charge in [0.2, 0.25) is 0 Å². The quantitative estimate of drug-likeness (QED) is 0.781. The van der Waals surface area contributed by atoms with Crippen molar-refractivity contribution in [3.63, 3.8) is 0 Å². The third-order valence-corrected chi connectivity index (χ3v) is 4.08. The summed E-state index contributed by atoms with van der Waals surface area (Å²) in [6.45, 7) is 0. The fraction of sp³-hybridized carbons (Fsp3) is 0.357. The summed E-state index contributed by atoms with van der Waals surface area (Å²) in [4.78, 5) is 22.9. The van der Waals surface area contributed by atoms with Crippen LogP contribution in [0.2, 0.25) is 0 Å². The van der Waals surface area contributed by atoms with Crippen LogP contribution in [0.4, 0.5) is 0 Å². The summed E-state index contributed by atoms with van der Waals surface area (Å²) in [5, 5.41) is 0. The lowest BCUT2D eigenvalue weighted by Crippen LogP contribution is -2.42. The molecule has 4 heterocycles. The Morgan fingerprint density at radius 2 is 2.37 bits per heavy atom. The summed E-state index contributed by atoms with van der Waals surface area (Å²) in [6, 6.07) is 3.81. The van der Waals surface area contributed by atoms with Gasteiger partial charge in [-0.05, 0) is 25.0 Å². The number of hydrogen-bond donors (Lipinski definition) is 0. The maximum absolute atomic E-state index is 12.5. The maximum atomic E-state index is 12.5. The highest BCUT2D eigenvalue weighted by Gasteiger charge is 2.44. The number of amides is 1. The molecule has 2 aliphatic rings. The highest BCUT2D eigenvalue weighted by molar-refractivity contribution is 5.92. The van der Waals surface area contributed by atoms with Crippen LogP contribution in [0, 0.1) is 0 Å². The number of rotatable bonds is 1. The minimum atomic E-state index is -0.0213. The van der Waals surface area contributed by atoms with Crippen molar-refractivity contribution in [3.05, 3.63) is 47.9 Å². The first-order valence-electron chi connectivity index (χ1n) is 6.49. The molecule has 2 atom stereocenters. The van der Waals surface area contributed by atoms with Crippen LogP contribution in [0.15, 0.2) is 35.3 Å². The molecule has 1 fully saturated rings. The molecule has 2 aromatic rings. The molecule has 5 heteroatoms. The lowest BCUT2D eigenvalue weighted by Gasteiger charge is -2.34. The number of nitrogens with zero attached hydrogens (tertiary/aromatic N) is 3. The highest BCUT2D eigenvalue weighted by atomic mass is 16.3. The monoisotopic (exact) mass is 255 g/mol. The van der Waals surface area contributed by atoms with E-state index in [1.807, 2.05) is 11.1 Å². The summed E-state index contributed by atoms with van der Waals surface area (Å²) in [5.41, 5.74) is 2.18. The molecule has 2 aromatic heterocycles. The van der Waals surface area contributed by atoms with Crippen LogP contribution in [0.1, 0.15) is 40.7 Å². The third kappa shape index (κ3) is 1.51. The molecule has 0 N–H and O–H groups in total. The number of hydrogen-bond acceptors (Lipinski definition) is 4. The summed E-state index contributed by atoms with van der Waals surface area (Å²) < 4.78 is 5.24. The van der Waals surface area contributed by atoms with Gasteiger partial charge in [0.05, 0.1) is 18.0 Å². The Kier molecular flexibility index (Phi) is 2.21. The van der Waals surface area contributed by atoms with E-state index >= 15 is 0 Å². The van der Waals surface area contributed by atoms with Crippen molar-refractivity contribution < 1.29 is 9.21 Å². The number of carbonyl (C=O) groups excluding carboxylic acids is 1. The van der Waals surface area contributed by atoms with Gasteiger partial charge in [-0.3, -0.25) is 4.79 Å². The van der Waals surface area contributed by atoms with Crippen LogP contribution >= 0.6 is 0 Å². The first-order chi connectivity index (χ1) is 9.34. The zero-order valence-electron chi connectivity index (χ0n) is 10.3. The first-order valence-corrected chi connectivity index (χ1v) is 6.49. The van der Waals surface area contributed by atoms with Crippen LogP contribution in [0.5, 0.6) is 0 Å². The molecule has 0 spiro atoms. The second kappa shape index (κ2) is 3.91. The first kappa shape index (κ1) is 10.7. The second-order valence-electron chi connectivity index (χ2n) is 5.07. The number of furan rings is 1. The maximum Gasteiger partial charge on any atom is 0.290 e. The van der Waals surface area contributed by atoms with Crippen molar-refractivity contribution >= 4 is 5.91 Å². The third-order valence-electron chi connectivity index (χ3n) is 4.08. The highest BCUT2D eigenvalue weighted by Crippen LogP contribution is 2.43. The van der Waals surface area contributed by atoms with Gasteiger partial charge >= 0.3 is 0 Å². The Bertz CT molecular complexity index is 623. The molecule has 4 rings (SSSR count). The van der Waals surface area contributed by atoms with Gasteiger partial charge in [-0.25, -0.2) is 9.97 Å². The second-order valence-corrected chi connectivity index (χ2v) is 5.07. The minimum absolute atomic E-state index is 0.0213. The molecule has 2 bridgehead atoms. The largest absolute Gasteiger partial charge is 0.459 e. The van der Waals surface area contributed by atoms with Crippen molar-refractivity contribution in [1.29, 1.82) is 0 Å². The SMILES string of the molecule is O=C(c1ccco1)N1C2CCC1c1cncnc1C2. The van der Waals surface area contributed by atoms with E-state index in [0.29, 0.717) is 5.76 Å². The van der Waals surface area contributed by atoms with E-state index in [-0.39, 0.29) is 18.0 Å². The van der Waals surface area contributed by atoms with Crippen molar-refractivity contribution in [1.82, 2.24) is 14.9 Å².